The van der Waals surface area contributed by atoms with Crippen molar-refractivity contribution in [2.75, 3.05) is 6.61 Å². The molecule has 1 N–H and O–H groups in total. The Balaban J connectivity index is 1.90. The molecule has 0 aliphatic carbocycles. The van der Waals surface area contributed by atoms with E-state index >= 15 is 0 Å². The van der Waals surface area contributed by atoms with Crippen LogP contribution in [0.5, 0.6) is 5.75 Å². The first-order valence-electron chi connectivity index (χ1n) is 5.94. The van der Waals surface area contributed by atoms with Crippen molar-refractivity contribution < 1.29 is 14.6 Å². The molecule has 0 amide bonds. The third kappa shape index (κ3) is 3.54. The lowest BCUT2D eigenvalue weighted by atomic mass is 10.1. The summed E-state index contributed by atoms with van der Waals surface area (Å²) in [4.78, 5) is 14.7. The number of rotatable bonds is 5. The van der Waals surface area contributed by atoms with Crippen LogP contribution in [0, 0.1) is 13.8 Å². The molecule has 0 radical (unpaired) electrons. The van der Waals surface area contributed by atoms with E-state index in [1.54, 1.807) is 5.38 Å². The second-order valence-corrected chi connectivity index (χ2v) is 5.24. The molecular formula is C14H15NO3S. The van der Waals surface area contributed by atoms with Crippen molar-refractivity contribution in [1.82, 2.24) is 4.98 Å². The van der Waals surface area contributed by atoms with E-state index in [1.165, 1.54) is 16.9 Å². The van der Waals surface area contributed by atoms with Crippen LogP contribution in [0.2, 0.25) is 0 Å². The van der Waals surface area contributed by atoms with Gasteiger partial charge in [-0.15, -0.1) is 11.3 Å². The third-order valence-corrected chi connectivity index (χ3v) is 3.58. The molecule has 19 heavy (non-hydrogen) atoms. The highest BCUT2D eigenvalue weighted by molar-refractivity contribution is 7.09. The third-order valence-electron chi connectivity index (χ3n) is 2.67. The Labute approximate surface area is 115 Å². The molecule has 1 aromatic heterocycles. The molecule has 5 heteroatoms. The minimum Gasteiger partial charge on any atom is -0.493 e. The minimum atomic E-state index is -0.988. The van der Waals surface area contributed by atoms with Crippen LogP contribution >= 0.6 is 11.3 Å². The number of carbonyl (C=O) groups is 1. The van der Waals surface area contributed by atoms with Crippen LogP contribution in [-0.2, 0) is 6.42 Å². The molecule has 0 atom stereocenters. The number of carboxylic acids is 1. The number of carboxylic acid groups (broad SMARTS) is 1. The number of hydrogen-bond acceptors (Lipinski definition) is 4. The predicted molar refractivity (Wildman–Crippen MR) is 74.2 cm³/mol. The first-order valence-corrected chi connectivity index (χ1v) is 6.82. The van der Waals surface area contributed by atoms with Gasteiger partial charge in [0.1, 0.15) is 5.75 Å². The van der Waals surface area contributed by atoms with Gasteiger partial charge in [-0.25, -0.2) is 9.78 Å². The van der Waals surface area contributed by atoms with Crippen LogP contribution in [0.3, 0.4) is 0 Å². The van der Waals surface area contributed by atoms with Gasteiger partial charge in [-0.2, -0.15) is 0 Å². The van der Waals surface area contributed by atoms with E-state index < -0.39 is 5.97 Å². The summed E-state index contributed by atoms with van der Waals surface area (Å²) in [6.07, 6.45) is 0.616. The van der Waals surface area contributed by atoms with E-state index in [-0.39, 0.29) is 5.69 Å². The molecule has 0 aliphatic rings. The van der Waals surface area contributed by atoms with Crippen LogP contribution in [0.1, 0.15) is 26.6 Å². The molecule has 1 aromatic carbocycles. The van der Waals surface area contributed by atoms with Gasteiger partial charge in [0.15, 0.2) is 5.69 Å². The summed E-state index contributed by atoms with van der Waals surface area (Å²) in [7, 11) is 0. The van der Waals surface area contributed by atoms with E-state index in [0.717, 1.165) is 16.3 Å². The highest BCUT2D eigenvalue weighted by Crippen LogP contribution is 2.19. The van der Waals surface area contributed by atoms with E-state index in [1.807, 2.05) is 26.0 Å². The largest absolute Gasteiger partial charge is 0.493 e. The maximum Gasteiger partial charge on any atom is 0.355 e. The molecule has 100 valence electrons. The van der Waals surface area contributed by atoms with Gasteiger partial charge in [-0.3, -0.25) is 0 Å². The van der Waals surface area contributed by atoms with E-state index in [2.05, 4.69) is 11.1 Å². The lowest BCUT2D eigenvalue weighted by Gasteiger charge is -2.08. The quantitative estimate of drug-likeness (QED) is 0.912. The van der Waals surface area contributed by atoms with Crippen molar-refractivity contribution in [3.8, 4) is 5.75 Å². The van der Waals surface area contributed by atoms with E-state index in [0.29, 0.717) is 13.0 Å². The molecule has 2 rings (SSSR count). The maximum atomic E-state index is 10.7. The van der Waals surface area contributed by atoms with Gasteiger partial charge < -0.3 is 9.84 Å². The molecule has 0 bridgehead atoms. The fraction of sp³-hybridized carbons (Fsp3) is 0.286. The number of aromatic carboxylic acids is 1. The smallest absolute Gasteiger partial charge is 0.355 e. The van der Waals surface area contributed by atoms with Gasteiger partial charge in [0.05, 0.1) is 11.6 Å². The zero-order valence-electron chi connectivity index (χ0n) is 10.8. The summed E-state index contributed by atoms with van der Waals surface area (Å²) in [6, 6.07) is 6.03. The average Bonchev–Trinajstić information content (AvgIpc) is 2.81. The van der Waals surface area contributed by atoms with Crippen LogP contribution in [0.25, 0.3) is 0 Å². The van der Waals surface area contributed by atoms with Crippen LogP contribution in [-0.4, -0.2) is 22.7 Å². The zero-order valence-corrected chi connectivity index (χ0v) is 11.7. The molecule has 2 aromatic rings. The minimum absolute atomic E-state index is 0.103. The highest BCUT2D eigenvalue weighted by atomic mass is 32.1. The fourth-order valence-electron chi connectivity index (χ4n) is 1.73. The van der Waals surface area contributed by atoms with Gasteiger partial charge in [0.2, 0.25) is 0 Å². The summed E-state index contributed by atoms with van der Waals surface area (Å²) < 4.78 is 5.68. The first-order chi connectivity index (χ1) is 9.06. The van der Waals surface area contributed by atoms with Crippen molar-refractivity contribution in [1.29, 1.82) is 0 Å². The second kappa shape index (κ2) is 5.84. The number of hydrogen-bond donors (Lipinski definition) is 1. The Bertz CT molecular complexity index is 592. The molecule has 0 spiro atoms. The van der Waals surface area contributed by atoms with Crippen molar-refractivity contribution in [3.05, 3.63) is 45.4 Å². The summed E-state index contributed by atoms with van der Waals surface area (Å²) >= 11 is 1.35. The second-order valence-electron chi connectivity index (χ2n) is 4.30. The normalized spacial score (nSPS) is 10.4. The van der Waals surface area contributed by atoms with Crippen molar-refractivity contribution in [2.45, 2.75) is 20.3 Å². The van der Waals surface area contributed by atoms with E-state index in [9.17, 15) is 4.79 Å². The Morgan fingerprint density at radius 2 is 2.21 bits per heavy atom. The standard InChI is InChI=1S/C14H15NO3S/c1-9-3-4-12(10(2)7-9)18-6-5-13-15-11(8-19-13)14(16)17/h3-4,7-8H,5-6H2,1-2H3,(H,16,17). The Morgan fingerprint density at radius 1 is 1.42 bits per heavy atom. The van der Waals surface area contributed by atoms with Gasteiger partial charge >= 0.3 is 5.97 Å². The molecule has 0 saturated carbocycles. The number of nitrogens with zero attached hydrogens (tertiary/aromatic N) is 1. The Kier molecular flexibility index (Phi) is 4.16. The maximum absolute atomic E-state index is 10.7. The Morgan fingerprint density at radius 3 is 2.84 bits per heavy atom. The van der Waals surface area contributed by atoms with Crippen LogP contribution in [0.4, 0.5) is 0 Å². The molecular weight excluding hydrogens is 262 g/mol. The summed E-state index contributed by atoms with van der Waals surface area (Å²) in [5.74, 6) is -0.126. The number of benzene rings is 1. The summed E-state index contributed by atoms with van der Waals surface area (Å²) in [5, 5.41) is 11.1. The summed E-state index contributed by atoms with van der Waals surface area (Å²) in [5.41, 5.74) is 2.41. The van der Waals surface area contributed by atoms with Gasteiger partial charge in [0, 0.05) is 11.8 Å². The zero-order chi connectivity index (χ0) is 13.8. The lowest BCUT2D eigenvalue weighted by Crippen LogP contribution is -2.03. The van der Waals surface area contributed by atoms with E-state index in [4.69, 9.17) is 9.84 Å². The topological polar surface area (TPSA) is 59.4 Å². The monoisotopic (exact) mass is 277 g/mol. The number of thiazole rings is 1. The molecule has 4 nitrogen and oxygen atoms in total. The number of aromatic nitrogens is 1. The van der Waals surface area contributed by atoms with Crippen molar-refractivity contribution in [2.24, 2.45) is 0 Å². The lowest BCUT2D eigenvalue weighted by molar-refractivity contribution is 0.0691. The molecule has 1 heterocycles. The number of ether oxygens (including phenoxy) is 1. The highest BCUT2D eigenvalue weighted by Gasteiger charge is 2.08. The van der Waals surface area contributed by atoms with Gasteiger partial charge in [-0.1, -0.05) is 17.7 Å². The van der Waals surface area contributed by atoms with Gasteiger partial charge in [0.25, 0.3) is 0 Å². The summed E-state index contributed by atoms with van der Waals surface area (Å²) in [6.45, 7) is 4.55. The fourth-order valence-corrected chi connectivity index (χ4v) is 2.49. The average molecular weight is 277 g/mol. The Hall–Kier alpha value is -1.88. The SMILES string of the molecule is Cc1ccc(OCCc2nc(C(=O)O)cs2)c(C)c1. The molecule has 0 saturated heterocycles. The van der Waals surface area contributed by atoms with Crippen molar-refractivity contribution in [3.63, 3.8) is 0 Å². The van der Waals surface area contributed by atoms with Crippen LogP contribution < -0.4 is 4.74 Å². The number of aryl methyl sites for hydroxylation is 2. The van der Waals surface area contributed by atoms with Gasteiger partial charge in [-0.05, 0) is 25.5 Å². The predicted octanol–water partition coefficient (Wildman–Crippen LogP) is 3.08. The van der Waals surface area contributed by atoms with Crippen molar-refractivity contribution >= 4 is 17.3 Å². The molecule has 0 aliphatic heterocycles. The molecule has 0 unspecified atom stereocenters. The first kappa shape index (κ1) is 13.5. The molecule has 0 fully saturated rings. The van der Waals surface area contributed by atoms with Crippen LogP contribution in [0.15, 0.2) is 23.6 Å².